The molecule has 0 N–H and O–H groups in total. The van der Waals surface area contributed by atoms with Crippen LogP contribution in [0.25, 0.3) is 22.3 Å². The second kappa shape index (κ2) is 15.9. The number of benzene rings is 7. The lowest BCUT2D eigenvalue weighted by Gasteiger charge is -2.26. The van der Waals surface area contributed by atoms with Crippen LogP contribution in [0.1, 0.15) is 11.1 Å². The van der Waals surface area contributed by atoms with Crippen molar-refractivity contribution in [3.05, 3.63) is 169 Å². The minimum absolute atomic E-state index is 0.818. The summed E-state index contributed by atoms with van der Waals surface area (Å²) >= 11 is 0. The van der Waals surface area contributed by atoms with E-state index in [1.807, 2.05) is 48.5 Å². The van der Waals surface area contributed by atoms with Gasteiger partial charge in [0.1, 0.15) is 23.0 Å². The number of nitrogens with zero attached hydrogens (tertiary/aromatic N) is 2. The first-order valence-corrected chi connectivity index (χ1v) is 17.9. The lowest BCUT2D eigenvalue weighted by Crippen LogP contribution is -2.10. The predicted octanol–water partition coefficient (Wildman–Crippen LogP) is 12.6. The molecule has 0 amide bonds. The summed E-state index contributed by atoms with van der Waals surface area (Å²) in [5, 5.41) is 0. The number of anilines is 6. The molecule has 0 saturated heterocycles. The second-order valence-electron chi connectivity index (χ2n) is 13.0. The molecule has 0 radical (unpaired) electrons. The summed E-state index contributed by atoms with van der Waals surface area (Å²) in [6.45, 7) is 4.38. The Kier molecular flexibility index (Phi) is 10.5. The summed E-state index contributed by atoms with van der Waals surface area (Å²) < 4.78 is 21.7. The first-order chi connectivity index (χ1) is 26.4. The van der Waals surface area contributed by atoms with Crippen LogP contribution in [-0.2, 0) is 0 Å². The van der Waals surface area contributed by atoms with Crippen LogP contribution in [-0.4, -0.2) is 28.4 Å². The maximum atomic E-state index is 5.43. The molecule has 0 aliphatic rings. The fraction of sp³-hybridized carbons (Fsp3) is 0.125. The Morgan fingerprint density at radius 3 is 0.704 bits per heavy atom. The van der Waals surface area contributed by atoms with Gasteiger partial charge in [0.15, 0.2) is 0 Å². The first-order valence-electron chi connectivity index (χ1n) is 17.9. The summed E-state index contributed by atoms with van der Waals surface area (Å²) in [5.74, 6) is 3.27. The van der Waals surface area contributed by atoms with Crippen LogP contribution >= 0.6 is 0 Å². The van der Waals surface area contributed by atoms with Crippen molar-refractivity contribution in [2.75, 3.05) is 38.2 Å². The van der Waals surface area contributed by atoms with Crippen LogP contribution in [0, 0.1) is 13.8 Å². The number of rotatable bonds is 12. The van der Waals surface area contributed by atoms with E-state index >= 15 is 0 Å². The number of aryl methyl sites for hydroxylation is 2. The van der Waals surface area contributed by atoms with Crippen molar-refractivity contribution in [2.45, 2.75) is 13.8 Å². The minimum Gasteiger partial charge on any atom is -0.497 e. The molecular formula is C48H44N2O4. The van der Waals surface area contributed by atoms with Crippen molar-refractivity contribution in [1.82, 2.24) is 0 Å². The van der Waals surface area contributed by atoms with Crippen LogP contribution in [0.15, 0.2) is 158 Å². The lowest BCUT2D eigenvalue weighted by atomic mass is 9.91. The summed E-state index contributed by atoms with van der Waals surface area (Å²) in [6, 6.07) is 54.7. The number of methoxy groups -OCH3 is 4. The zero-order chi connectivity index (χ0) is 37.6. The monoisotopic (exact) mass is 712 g/mol. The van der Waals surface area contributed by atoms with Crippen LogP contribution in [0.4, 0.5) is 34.1 Å². The van der Waals surface area contributed by atoms with E-state index in [1.165, 1.54) is 33.4 Å². The van der Waals surface area contributed by atoms with Gasteiger partial charge in [-0.05, 0) is 169 Å². The molecule has 0 saturated carbocycles. The Labute approximate surface area is 318 Å². The van der Waals surface area contributed by atoms with Gasteiger partial charge < -0.3 is 28.7 Å². The third-order valence-corrected chi connectivity index (χ3v) is 9.77. The second-order valence-corrected chi connectivity index (χ2v) is 13.0. The highest BCUT2D eigenvalue weighted by molar-refractivity contribution is 5.83. The van der Waals surface area contributed by atoms with Gasteiger partial charge in [0.05, 0.1) is 28.4 Å². The minimum atomic E-state index is 0.818. The molecule has 0 fully saturated rings. The van der Waals surface area contributed by atoms with E-state index in [1.54, 1.807) is 28.4 Å². The molecule has 0 heterocycles. The molecule has 0 aliphatic carbocycles. The molecular weight excluding hydrogens is 669 g/mol. The van der Waals surface area contributed by atoms with Crippen LogP contribution in [0.5, 0.6) is 23.0 Å². The van der Waals surface area contributed by atoms with Gasteiger partial charge in [-0.1, -0.05) is 36.4 Å². The molecule has 270 valence electrons. The van der Waals surface area contributed by atoms with Crippen LogP contribution in [0.3, 0.4) is 0 Å². The molecule has 0 aromatic heterocycles. The fourth-order valence-electron chi connectivity index (χ4n) is 6.84. The largest absolute Gasteiger partial charge is 0.497 e. The van der Waals surface area contributed by atoms with Crippen LogP contribution in [0.2, 0.25) is 0 Å². The average molecular weight is 713 g/mol. The summed E-state index contributed by atoms with van der Waals surface area (Å²) in [4.78, 5) is 4.47. The Morgan fingerprint density at radius 2 is 0.500 bits per heavy atom. The molecule has 0 atom stereocenters. The van der Waals surface area contributed by atoms with E-state index in [2.05, 4.69) is 133 Å². The zero-order valence-corrected chi connectivity index (χ0v) is 31.5. The molecule has 7 aromatic carbocycles. The van der Waals surface area contributed by atoms with Gasteiger partial charge in [0.25, 0.3) is 0 Å². The van der Waals surface area contributed by atoms with Crippen molar-refractivity contribution in [3.8, 4) is 45.3 Å². The van der Waals surface area contributed by atoms with E-state index in [0.717, 1.165) is 57.1 Å². The van der Waals surface area contributed by atoms with Crippen molar-refractivity contribution < 1.29 is 18.9 Å². The SMILES string of the molecule is COc1ccc(N(c2ccc(OC)cc2)c2ccc(-c3cc(C)c(-c4ccc(N(c5ccc(OC)cc5)c5ccc(OC)cc5)cc4)cc3C)cc2)cc1. The predicted molar refractivity (Wildman–Crippen MR) is 222 cm³/mol. The molecule has 7 rings (SSSR count). The molecule has 0 spiro atoms. The third-order valence-electron chi connectivity index (χ3n) is 9.77. The highest BCUT2D eigenvalue weighted by atomic mass is 16.5. The third kappa shape index (κ3) is 7.46. The smallest absolute Gasteiger partial charge is 0.119 e. The maximum Gasteiger partial charge on any atom is 0.119 e. The first kappa shape index (κ1) is 35.7. The van der Waals surface area contributed by atoms with Gasteiger partial charge in [-0.15, -0.1) is 0 Å². The van der Waals surface area contributed by atoms with E-state index in [0.29, 0.717) is 0 Å². The van der Waals surface area contributed by atoms with E-state index in [9.17, 15) is 0 Å². The van der Waals surface area contributed by atoms with Crippen molar-refractivity contribution >= 4 is 34.1 Å². The van der Waals surface area contributed by atoms with Gasteiger partial charge in [-0.25, -0.2) is 0 Å². The standard InChI is InChI=1S/C48H44N2O4/c1-33-31-48(36-9-13-38(14-10-36)50(41-19-27-45(53-5)28-20-41)42-21-29-46(54-6)30-22-42)34(2)32-47(33)35-7-11-37(12-8-35)49(39-15-23-43(51-3)24-16-39)40-17-25-44(52-4)26-18-40/h7-32H,1-6H3. The lowest BCUT2D eigenvalue weighted by molar-refractivity contribution is 0.414. The van der Waals surface area contributed by atoms with Crippen LogP contribution < -0.4 is 28.7 Å². The van der Waals surface area contributed by atoms with E-state index < -0.39 is 0 Å². The van der Waals surface area contributed by atoms with E-state index in [-0.39, 0.29) is 0 Å². The Hall–Kier alpha value is -6.66. The molecule has 7 aromatic rings. The normalized spacial score (nSPS) is 10.8. The van der Waals surface area contributed by atoms with Gasteiger partial charge in [-0.2, -0.15) is 0 Å². The summed E-state index contributed by atoms with van der Waals surface area (Å²) in [5.41, 5.74) is 13.4. The Morgan fingerprint density at radius 1 is 0.296 bits per heavy atom. The molecule has 6 nitrogen and oxygen atoms in total. The van der Waals surface area contributed by atoms with E-state index in [4.69, 9.17) is 18.9 Å². The fourth-order valence-corrected chi connectivity index (χ4v) is 6.84. The maximum absolute atomic E-state index is 5.43. The number of hydrogen-bond acceptors (Lipinski definition) is 6. The number of hydrogen-bond donors (Lipinski definition) is 0. The van der Waals surface area contributed by atoms with Gasteiger partial charge in [0, 0.05) is 34.1 Å². The average Bonchev–Trinajstić information content (AvgIpc) is 3.23. The van der Waals surface area contributed by atoms with Crippen molar-refractivity contribution in [2.24, 2.45) is 0 Å². The van der Waals surface area contributed by atoms with Crippen molar-refractivity contribution in [3.63, 3.8) is 0 Å². The number of ether oxygens (including phenoxy) is 4. The Balaban J connectivity index is 1.17. The highest BCUT2D eigenvalue weighted by Crippen LogP contribution is 2.40. The summed E-state index contributed by atoms with van der Waals surface area (Å²) in [7, 11) is 6.74. The Bertz CT molecular complexity index is 2040. The summed E-state index contributed by atoms with van der Waals surface area (Å²) in [6.07, 6.45) is 0. The molecule has 6 heteroatoms. The molecule has 0 unspecified atom stereocenters. The van der Waals surface area contributed by atoms with Gasteiger partial charge in [-0.3, -0.25) is 0 Å². The highest BCUT2D eigenvalue weighted by Gasteiger charge is 2.16. The topological polar surface area (TPSA) is 43.4 Å². The molecule has 0 bridgehead atoms. The van der Waals surface area contributed by atoms with Crippen molar-refractivity contribution in [1.29, 1.82) is 0 Å². The van der Waals surface area contributed by atoms with Gasteiger partial charge >= 0.3 is 0 Å². The van der Waals surface area contributed by atoms with Gasteiger partial charge in [0.2, 0.25) is 0 Å². The molecule has 0 aliphatic heterocycles. The molecule has 54 heavy (non-hydrogen) atoms. The zero-order valence-electron chi connectivity index (χ0n) is 31.5. The quantitative estimate of drug-likeness (QED) is 0.126.